The minimum atomic E-state index is -3.13. The lowest BCUT2D eigenvalue weighted by Gasteiger charge is -2.31. The molecule has 3 amide bonds. The molecule has 1 aromatic rings. The summed E-state index contributed by atoms with van der Waals surface area (Å²) in [6, 6.07) is 6.18. The van der Waals surface area contributed by atoms with E-state index >= 15 is 0 Å². The number of hydrogen-bond acceptors (Lipinski definition) is 5. The van der Waals surface area contributed by atoms with Crippen LogP contribution < -0.4 is 10.6 Å². The van der Waals surface area contributed by atoms with E-state index < -0.39 is 33.1 Å². The van der Waals surface area contributed by atoms with Crippen molar-refractivity contribution in [2.24, 2.45) is 5.41 Å². The van der Waals surface area contributed by atoms with Gasteiger partial charge in [0, 0.05) is 31.4 Å². The Kier molecular flexibility index (Phi) is 5.94. The van der Waals surface area contributed by atoms with E-state index in [-0.39, 0.29) is 17.4 Å². The molecule has 27 heavy (non-hydrogen) atoms. The molecular formula is C18H25N3O5S. The smallest absolute Gasteiger partial charge is 0.239 e. The Morgan fingerprint density at radius 3 is 2.26 bits per heavy atom. The normalized spacial score (nSPS) is 18.6. The Morgan fingerprint density at radius 2 is 1.74 bits per heavy atom. The lowest BCUT2D eigenvalue weighted by molar-refractivity contribution is -0.146. The molecule has 0 radical (unpaired) electrons. The third-order valence-electron chi connectivity index (χ3n) is 4.62. The summed E-state index contributed by atoms with van der Waals surface area (Å²) in [6.07, 6.45) is 0.376. The topological polar surface area (TPSA) is 113 Å². The Morgan fingerprint density at radius 1 is 1.15 bits per heavy atom. The summed E-state index contributed by atoms with van der Waals surface area (Å²) >= 11 is 0. The summed E-state index contributed by atoms with van der Waals surface area (Å²) in [5.74, 6) is -1.22. The van der Waals surface area contributed by atoms with Crippen LogP contribution in [-0.4, -0.2) is 55.6 Å². The molecule has 1 aromatic carbocycles. The fraction of sp³-hybridized carbons (Fsp3) is 0.500. The van der Waals surface area contributed by atoms with Crippen LogP contribution in [0.3, 0.4) is 0 Å². The third kappa shape index (κ3) is 5.06. The van der Waals surface area contributed by atoms with Crippen LogP contribution in [0.15, 0.2) is 24.3 Å². The van der Waals surface area contributed by atoms with Crippen molar-refractivity contribution in [2.75, 3.05) is 29.2 Å². The molecule has 0 aliphatic carbocycles. The fourth-order valence-corrected chi connectivity index (χ4v) is 4.72. The molecule has 0 aromatic heterocycles. The van der Waals surface area contributed by atoms with Crippen molar-refractivity contribution in [3.05, 3.63) is 24.3 Å². The van der Waals surface area contributed by atoms with Gasteiger partial charge in [0.05, 0.1) is 11.5 Å². The molecule has 0 saturated carbocycles. The van der Waals surface area contributed by atoms with E-state index in [0.29, 0.717) is 17.8 Å². The second kappa shape index (κ2) is 7.67. The molecule has 2 N–H and O–H groups in total. The molecule has 1 aliphatic rings. The summed E-state index contributed by atoms with van der Waals surface area (Å²) in [5.41, 5.74) is -0.415. The van der Waals surface area contributed by atoms with Crippen LogP contribution in [0, 0.1) is 5.41 Å². The van der Waals surface area contributed by atoms with Crippen LogP contribution in [0.4, 0.5) is 11.4 Å². The second-order valence-electron chi connectivity index (χ2n) is 7.31. The predicted molar refractivity (Wildman–Crippen MR) is 103 cm³/mol. The Hall–Kier alpha value is -2.42. The van der Waals surface area contributed by atoms with E-state index in [1.165, 1.54) is 32.7 Å². The third-order valence-corrected chi connectivity index (χ3v) is 6.37. The number of amides is 3. The van der Waals surface area contributed by atoms with Gasteiger partial charge in [-0.25, -0.2) is 8.42 Å². The van der Waals surface area contributed by atoms with E-state index in [1.807, 2.05) is 0 Å². The quantitative estimate of drug-likeness (QED) is 0.729. The highest BCUT2D eigenvalue weighted by Crippen LogP contribution is 2.26. The van der Waals surface area contributed by atoms with Crippen molar-refractivity contribution in [2.45, 2.75) is 33.2 Å². The minimum Gasteiger partial charge on any atom is -0.341 e. The van der Waals surface area contributed by atoms with Crippen LogP contribution in [0.5, 0.6) is 0 Å². The average molecular weight is 395 g/mol. The van der Waals surface area contributed by atoms with Crippen molar-refractivity contribution < 1.29 is 22.8 Å². The number of rotatable bonds is 5. The number of nitrogens with one attached hydrogen (secondary N) is 2. The van der Waals surface area contributed by atoms with Gasteiger partial charge < -0.3 is 15.5 Å². The van der Waals surface area contributed by atoms with Gasteiger partial charge in [-0.05, 0) is 38.5 Å². The Balaban J connectivity index is 2.10. The first-order valence-electron chi connectivity index (χ1n) is 8.59. The van der Waals surface area contributed by atoms with Gasteiger partial charge in [-0.3, -0.25) is 14.4 Å². The molecule has 9 heteroatoms. The van der Waals surface area contributed by atoms with Crippen LogP contribution in [-0.2, 0) is 24.2 Å². The first-order chi connectivity index (χ1) is 12.4. The van der Waals surface area contributed by atoms with E-state index in [9.17, 15) is 22.8 Å². The molecular weight excluding hydrogens is 370 g/mol. The second-order valence-corrected chi connectivity index (χ2v) is 9.54. The molecule has 1 aliphatic heterocycles. The van der Waals surface area contributed by atoms with Gasteiger partial charge in [0.2, 0.25) is 17.7 Å². The fourth-order valence-electron chi connectivity index (χ4n) is 2.95. The highest BCUT2D eigenvalue weighted by atomic mass is 32.2. The highest BCUT2D eigenvalue weighted by Gasteiger charge is 2.42. The van der Waals surface area contributed by atoms with Crippen molar-refractivity contribution in [3.63, 3.8) is 0 Å². The summed E-state index contributed by atoms with van der Waals surface area (Å²) in [6.45, 7) is 4.39. The van der Waals surface area contributed by atoms with Crippen molar-refractivity contribution >= 4 is 38.9 Å². The molecule has 8 nitrogen and oxygen atoms in total. The molecule has 1 saturated heterocycles. The zero-order valence-corrected chi connectivity index (χ0v) is 16.7. The Bertz CT molecular complexity index is 864. The molecule has 1 atom stereocenters. The van der Waals surface area contributed by atoms with Gasteiger partial charge in [0.15, 0.2) is 9.84 Å². The maximum Gasteiger partial charge on any atom is 0.239 e. The van der Waals surface area contributed by atoms with Gasteiger partial charge in [0.1, 0.15) is 5.41 Å². The van der Waals surface area contributed by atoms with Crippen molar-refractivity contribution in [3.8, 4) is 0 Å². The van der Waals surface area contributed by atoms with Crippen LogP contribution in [0.1, 0.15) is 27.2 Å². The minimum absolute atomic E-state index is 0.0534. The van der Waals surface area contributed by atoms with Gasteiger partial charge in [-0.1, -0.05) is 6.07 Å². The number of hydrogen-bond donors (Lipinski definition) is 2. The number of carbonyl (C=O) groups excluding carboxylic acids is 3. The molecule has 148 valence electrons. The Labute approximate surface area is 159 Å². The summed E-state index contributed by atoms with van der Waals surface area (Å²) in [7, 11) is -1.60. The molecule has 1 unspecified atom stereocenters. The number of benzene rings is 1. The zero-order chi connectivity index (χ0) is 20.4. The maximum absolute atomic E-state index is 12.8. The SMILES string of the molecule is CC(=O)Nc1cccc(NC(=O)C(C)(C)C(=O)N(C)C2CCS(=O)(=O)C2)c1. The van der Waals surface area contributed by atoms with Crippen molar-refractivity contribution in [1.29, 1.82) is 0 Å². The molecule has 0 spiro atoms. The number of carbonyl (C=O) groups is 3. The lowest BCUT2D eigenvalue weighted by Crippen LogP contribution is -2.49. The standard InChI is InChI=1S/C18H25N3O5S/c1-12(22)19-13-6-5-7-14(10-13)20-16(23)18(2,3)17(24)21(4)15-8-9-27(25,26)11-15/h5-7,10,15H,8-9,11H2,1-4H3,(H,19,22)(H,20,23). The first kappa shape index (κ1) is 20.9. The van der Waals surface area contributed by atoms with Gasteiger partial charge in [-0.2, -0.15) is 0 Å². The van der Waals surface area contributed by atoms with Gasteiger partial charge in [-0.15, -0.1) is 0 Å². The van der Waals surface area contributed by atoms with Crippen LogP contribution >= 0.6 is 0 Å². The predicted octanol–water partition coefficient (Wildman–Crippen LogP) is 1.26. The van der Waals surface area contributed by atoms with E-state index in [4.69, 9.17) is 0 Å². The molecule has 2 rings (SSSR count). The van der Waals surface area contributed by atoms with E-state index in [2.05, 4.69) is 10.6 Å². The highest BCUT2D eigenvalue weighted by molar-refractivity contribution is 7.91. The monoisotopic (exact) mass is 395 g/mol. The van der Waals surface area contributed by atoms with E-state index in [0.717, 1.165) is 0 Å². The van der Waals surface area contributed by atoms with Crippen LogP contribution in [0.25, 0.3) is 0 Å². The summed E-state index contributed by atoms with van der Waals surface area (Å²) in [4.78, 5) is 38.0. The largest absolute Gasteiger partial charge is 0.341 e. The van der Waals surface area contributed by atoms with Crippen LogP contribution in [0.2, 0.25) is 0 Å². The summed E-state index contributed by atoms with van der Waals surface area (Å²) in [5, 5.41) is 5.30. The van der Waals surface area contributed by atoms with Crippen molar-refractivity contribution in [1.82, 2.24) is 4.90 Å². The lowest BCUT2D eigenvalue weighted by atomic mass is 9.89. The molecule has 0 bridgehead atoms. The zero-order valence-electron chi connectivity index (χ0n) is 15.9. The van der Waals surface area contributed by atoms with E-state index in [1.54, 1.807) is 24.3 Å². The first-order valence-corrected chi connectivity index (χ1v) is 10.4. The number of anilines is 2. The molecule has 1 fully saturated rings. The molecule has 1 heterocycles. The van der Waals surface area contributed by atoms with Gasteiger partial charge in [0.25, 0.3) is 0 Å². The van der Waals surface area contributed by atoms with Gasteiger partial charge >= 0.3 is 0 Å². The number of sulfone groups is 1. The average Bonchev–Trinajstić information content (AvgIpc) is 2.93. The number of nitrogens with zero attached hydrogens (tertiary/aromatic N) is 1. The summed E-state index contributed by atoms with van der Waals surface area (Å²) < 4.78 is 23.3. The maximum atomic E-state index is 12.8.